The van der Waals surface area contributed by atoms with Crippen LogP contribution in [0.1, 0.15) is 31.2 Å². The molecule has 158 valence electrons. The van der Waals surface area contributed by atoms with Gasteiger partial charge in [-0.25, -0.2) is 8.42 Å². The summed E-state index contributed by atoms with van der Waals surface area (Å²) in [5, 5.41) is 2.90. The fraction of sp³-hybridized carbons (Fsp3) is 0.364. The fourth-order valence-corrected chi connectivity index (χ4v) is 5.07. The van der Waals surface area contributed by atoms with Crippen LogP contribution < -0.4 is 10.0 Å². The van der Waals surface area contributed by atoms with Crippen molar-refractivity contribution >= 4 is 27.5 Å². The van der Waals surface area contributed by atoms with Crippen molar-refractivity contribution in [2.45, 2.75) is 43.2 Å². The predicted octanol–water partition coefficient (Wildman–Crippen LogP) is 2.76. The number of nitrogens with zero attached hydrogens (tertiary/aromatic N) is 2. The Balaban J connectivity index is 1.43. The average molecular weight is 427 g/mol. The fourth-order valence-electron chi connectivity index (χ4n) is 3.93. The Hall–Kier alpha value is -2.71. The number of nitrogens with one attached hydrogen (secondary N) is 2. The lowest BCUT2D eigenvalue weighted by Crippen LogP contribution is -2.39. The molecule has 4 rings (SSSR count). The van der Waals surface area contributed by atoms with Gasteiger partial charge in [-0.2, -0.15) is 0 Å². The second-order valence-electron chi connectivity index (χ2n) is 7.67. The van der Waals surface area contributed by atoms with Crippen LogP contribution in [0.4, 0.5) is 5.69 Å². The van der Waals surface area contributed by atoms with Crippen molar-refractivity contribution in [1.82, 2.24) is 9.62 Å². The standard InChI is InChI=1S/C22H26N4O3S/c27-22(20-11-6-14-26(20)16-17-7-2-1-3-8-17)24-18-9-4-10-19(15-18)30(28,29)25-21-12-5-13-23-21/h1-4,7-10,15,20H,5-6,11-14,16H2,(H,23,25)(H,24,27). The summed E-state index contributed by atoms with van der Waals surface area (Å²) >= 11 is 0. The molecular weight excluding hydrogens is 400 g/mol. The molecule has 0 spiro atoms. The summed E-state index contributed by atoms with van der Waals surface area (Å²) in [4.78, 5) is 19.4. The molecule has 1 saturated heterocycles. The molecular formula is C22H26N4O3S. The molecule has 1 unspecified atom stereocenters. The molecule has 30 heavy (non-hydrogen) atoms. The highest BCUT2D eigenvalue weighted by atomic mass is 32.2. The van der Waals surface area contributed by atoms with Crippen LogP contribution in [0.15, 0.2) is 64.5 Å². The van der Waals surface area contributed by atoms with Gasteiger partial charge in [0.15, 0.2) is 0 Å². The number of aliphatic imine (C=N–C) groups is 1. The lowest BCUT2D eigenvalue weighted by Gasteiger charge is -2.23. The van der Waals surface area contributed by atoms with Crippen LogP contribution in [0.2, 0.25) is 0 Å². The number of amidine groups is 1. The highest BCUT2D eigenvalue weighted by molar-refractivity contribution is 7.90. The summed E-state index contributed by atoms with van der Waals surface area (Å²) in [6, 6.07) is 16.2. The first kappa shape index (κ1) is 20.6. The summed E-state index contributed by atoms with van der Waals surface area (Å²) < 4.78 is 27.8. The number of carbonyl (C=O) groups excluding carboxylic acids is 1. The van der Waals surface area contributed by atoms with Gasteiger partial charge in [0.1, 0.15) is 5.84 Å². The average Bonchev–Trinajstić information content (AvgIpc) is 3.41. The lowest BCUT2D eigenvalue weighted by atomic mass is 10.1. The quantitative estimate of drug-likeness (QED) is 0.743. The van der Waals surface area contributed by atoms with Crippen molar-refractivity contribution < 1.29 is 13.2 Å². The van der Waals surface area contributed by atoms with Crippen LogP contribution in [0.25, 0.3) is 0 Å². The van der Waals surface area contributed by atoms with Crippen LogP contribution in [-0.2, 0) is 21.4 Å². The summed E-state index contributed by atoms with van der Waals surface area (Å²) in [6.45, 7) is 2.24. The van der Waals surface area contributed by atoms with Gasteiger partial charge in [-0.3, -0.25) is 19.4 Å². The zero-order valence-electron chi connectivity index (χ0n) is 16.8. The third-order valence-electron chi connectivity index (χ3n) is 5.43. The zero-order chi connectivity index (χ0) is 21.0. The third-order valence-corrected chi connectivity index (χ3v) is 6.81. The Morgan fingerprint density at radius 3 is 2.70 bits per heavy atom. The number of benzene rings is 2. The lowest BCUT2D eigenvalue weighted by molar-refractivity contribution is -0.120. The summed E-state index contributed by atoms with van der Waals surface area (Å²) in [5.41, 5.74) is 1.65. The van der Waals surface area contributed by atoms with Gasteiger partial charge >= 0.3 is 0 Å². The van der Waals surface area contributed by atoms with Gasteiger partial charge < -0.3 is 5.32 Å². The molecule has 0 aromatic heterocycles. The van der Waals surface area contributed by atoms with Gasteiger partial charge in [0.05, 0.1) is 10.9 Å². The van der Waals surface area contributed by atoms with Crippen LogP contribution >= 0.6 is 0 Å². The molecule has 2 aromatic carbocycles. The van der Waals surface area contributed by atoms with E-state index in [1.54, 1.807) is 12.1 Å². The molecule has 1 fully saturated rings. The van der Waals surface area contributed by atoms with E-state index < -0.39 is 10.0 Å². The van der Waals surface area contributed by atoms with E-state index in [-0.39, 0.29) is 16.8 Å². The minimum Gasteiger partial charge on any atom is -0.325 e. The zero-order valence-corrected chi connectivity index (χ0v) is 17.6. The van der Waals surface area contributed by atoms with E-state index in [2.05, 4.69) is 32.1 Å². The van der Waals surface area contributed by atoms with E-state index in [1.807, 2.05) is 18.2 Å². The van der Waals surface area contributed by atoms with Crippen LogP contribution in [0, 0.1) is 0 Å². The molecule has 0 saturated carbocycles. The van der Waals surface area contributed by atoms with E-state index in [9.17, 15) is 13.2 Å². The summed E-state index contributed by atoms with van der Waals surface area (Å²) in [6.07, 6.45) is 3.24. The number of hydrogen-bond acceptors (Lipinski definition) is 5. The van der Waals surface area contributed by atoms with Crippen molar-refractivity contribution in [2.75, 3.05) is 18.4 Å². The maximum Gasteiger partial charge on any atom is 0.262 e. The first-order valence-corrected chi connectivity index (χ1v) is 11.7. The molecule has 7 nitrogen and oxygen atoms in total. The molecule has 0 radical (unpaired) electrons. The van der Waals surface area contributed by atoms with Gasteiger partial charge in [0.2, 0.25) is 5.91 Å². The molecule has 2 N–H and O–H groups in total. The molecule has 0 aliphatic carbocycles. The number of likely N-dealkylation sites (tertiary alicyclic amines) is 1. The molecule has 2 heterocycles. The highest BCUT2D eigenvalue weighted by Crippen LogP contribution is 2.23. The molecule has 0 bridgehead atoms. The summed E-state index contributed by atoms with van der Waals surface area (Å²) in [5.74, 6) is 0.387. The highest BCUT2D eigenvalue weighted by Gasteiger charge is 2.30. The topological polar surface area (TPSA) is 90.9 Å². The minimum atomic E-state index is -3.71. The third kappa shape index (κ3) is 4.88. The van der Waals surface area contributed by atoms with E-state index >= 15 is 0 Å². The van der Waals surface area contributed by atoms with Crippen LogP contribution in [-0.4, -0.2) is 44.2 Å². The maximum absolute atomic E-state index is 12.9. The number of hydrogen-bond donors (Lipinski definition) is 2. The van der Waals surface area contributed by atoms with E-state index in [0.717, 1.165) is 32.4 Å². The predicted molar refractivity (Wildman–Crippen MR) is 117 cm³/mol. The van der Waals surface area contributed by atoms with Crippen LogP contribution in [0.5, 0.6) is 0 Å². The number of rotatable bonds is 6. The van der Waals surface area contributed by atoms with Crippen molar-refractivity contribution in [3.63, 3.8) is 0 Å². The van der Waals surface area contributed by atoms with Gasteiger partial charge in [-0.15, -0.1) is 0 Å². The smallest absolute Gasteiger partial charge is 0.262 e. The van der Waals surface area contributed by atoms with Gasteiger partial charge in [0.25, 0.3) is 10.0 Å². The largest absolute Gasteiger partial charge is 0.325 e. The number of anilines is 1. The number of sulfonamides is 1. The van der Waals surface area contributed by atoms with Crippen LogP contribution in [0.3, 0.4) is 0 Å². The second kappa shape index (κ2) is 8.97. The van der Waals surface area contributed by atoms with E-state index in [4.69, 9.17) is 0 Å². The Morgan fingerprint density at radius 2 is 1.93 bits per heavy atom. The molecule has 1 atom stereocenters. The Morgan fingerprint density at radius 1 is 1.10 bits per heavy atom. The normalized spacial score (nSPS) is 19.5. The Bertz CT molecular complexity index is 1040. The molecule has 2 aliphatic heterocycles. The van der Waals surface area contributed by atoms with Crippen molar-refractivity contribution in [3.05, 3.63) is 60.2 Å². The van der Waals surface area contributed by atoms with Gasteiger partial charge in [-0.05, 0) is 49.6 Å². The Kier molecular flexibility index (Phi) is 6.15. The minimum absolute atomic E-state index is 0.105. The first-order chi connectivity index (χ1) is 14.5. The van der Waals surface area contributed by atoms with Gasteiger partial charge in [-0.1, -0.05) is 36.4 Å². The number of carbonyl (C=O) groups is 1. The maximum atomic E-state index is 12.9. The Labute approximate surface area is 177 Å². The van der Waals surface area contributed by atoms with Crippen molar-refractivity contribution in [1.29, 1.82) is 0 Å². The monoisotopic (exact) mass is 426 g/mol. The SMILES string of the molecule is O=C(Nc1cccc(S(=O)(=O)NC2=NCCC2)c1)C1CCCN1Cc1ccccc1. The van der Waals surface area contributed by atoms with E-state index in [1.165, 1.54) is 17.7 Å². The molecule has 1 amide bonds. The molecule has 8 heteroatoms. The number of amides is 1. The summed E-state index contributed by atoms with van der Waals surface area (Å²) in [7, 11) is -3.71. The molecule has 2 aromatic rings. The second-order valence-corrected chi connectivity index (χ2v) is 9.35. The van der Waals surface area contributed by atoms with Crippen molar-refractivity contribution in [3.8, 4) is 0 Å². The van der Waals surface area contributed by atoms with Gasteiger partial charge in [0, 0.05) is 25.2 Å². The van der Waals surface area contributed by atoms with E-state index in [0.29, 0.717) is 24.5 Å². The van der Waals surface area contributed by atoms with Crippen molar-refractivity contribution in [2.24, 2.45) is 4.99 Å². The first-order valence-electron chi connectivity index (χ1n) is 10.3. The molecule has 2 aliphatic rings.